The Labute approximate surface area is 117 Å². The first-order valence-corrected chi connectivity index (χ1v) is 7.08. The predicted octanol–water partition coefficient (Wildman–Crippen LogP) is 1.57. The molecule has 20 heavy (non-hydrogen) atoms. The van der Waals surface area contributed by atoms with E-state index in [0.717, 1.165) is 42.8 Å². The number of aliphatic hydroxyl groups is 1. The summed E-state index contributed by atoms with van der Waals surface area (Å²) in [6.07, 6.45) is 2.19. The van der Waals surface area contributed by atoms with Crippen molar-refractivity contribution in [2.75, 3.05) is 19.7 Å². The second-order valence-electron chi connectivity index (χ2n) is 5.24. The standard InChI is InChI=1S/C15H19N3O2/c1-11-16-13-10-12(15(20)17-6-2-3-7-17)4-5-14(13)18(11)8-9-19/h4-5,10,19H,2-3,6-9H2,1H3. The highest BCUT2D eigenvalue weighted by molar-refractivity contribution is 5.97. The van der Waals surface area contributed by atoms with Gasteiger partial charge in [0, 0.05) is 25.2 Å². The van der Waals surface area contributed by atoms with Crippen LogP contribution in [0.4, 0.5) is 0 Å². The van der Waals surface area contributed by atoms with E-state index in [1.54, 1.807) is 0 Å². The molecule has 1 saturated heterocycles. The number of rotatable bonds is 3. The normalized spacial score (nSPS) is 15.2. The van der Waals surface area contributed by atoms with Crippen molar-refractivity contribution in [1.82, 2.24) is 14.5 Å². The maximum absolute atomic E-state index is 12.4. The fourth-order valence-corrected chi connectivity index (χ4v) is 2.87. The van der Waals surface area contributed by atoms with E-state index in [4.69, 9.17) is 5.11 Å². The zero-order chi connectivity index (χ0) is 14.1. The smallest absolute Gasteiger partial charge is 0.253 e. The van der Waals surface area contributed by atoms with Crippen molar-refractivity contribution in [2.24, 2.45) is 0 Å². The molecule has 0 saturated carbocycles. The van der Waals surface area contributed by atoms with Crippen LogP contribution in [-0.4, -0.2) is 45.2 Å². The first kappa shape index (κ1) is 13.1. The van der Waals surface area contributed by atoms with Crippen molar-refractivity contribution >= 4 is 16.9 Å². The summed E-state index contributed by atoms with van der Waals surface area (Å²) in [5, 5.41) is 9.10. The second-order valence-corrected chi connectivity index (χ2v) is 5.24. The van der Waals surface area contributed by atoms with Gasteiger partial charge in [-0.15, -0.1) is 0 Å². The minimum absolute atomic E-state index is 0.0841. The Hall–Kier alpha value is -1.88. The van der Waals surface area contributed by atoms with Crippen LogP contribution < -0.4 is 0 Å². The van der Waals surface area contributed by atoms with Gasteiger partial charge < -0.3 is 14.6 Å². The Morgan fingerprint density at radius 2 is 2.10 bits per heavy atom. The van der Waals surface area contributed by atoms with Gasteiger partial charge in [0.15, 0.2) is 0 Å². The van der Waals surface area contributed by atoms with Crippen LogP contribution in [0.3, 0.4) is 0 Å². The van der Waals surface area contributed by atoms with E-state index < -0.39 is 0 Å². The zero-order valence-corrected chi connectivity index (χ0v) is 11.7. The Morgan fingerprint density at radius 3 is 2.80 bits per heavy atom. The first-order valence-electron chi connectivity index (χ1n) is 7.08. The van der Waals surface area contributed by atoms with Crippen LogP contribution in [0.5, 0.6) is 0 Å². The topological polar surface area (TPSA) is 58.4 Å². The maximum Gasteiger partial charge on any atom is 0.253 e. The highest BCUT2D eigenvalue weighted by Crippen LogP contribution is 2.20. The summed E-state index contributed by atoms with van der Waals surface area (Å²) in [6.45, 7) is 4.24. The van der Waals surface area contributed by atoms with E-state index in [9.17, 15) is 4.79 Å². The maximum atomic E-state index is 12.4. The molecule has 2 aromatic rings. The van der Waals surface area contributed by atoms with Crippen molar-refractivity contribution in [2.45, 2.75) is 26.3 Å². The number of imidazole rings is 1. The number of aryl methyl sites for hydroxylation is 1. The summed E-state index contributed by atoms with van der Waals surface area (Å²) >= 11 is 0. The minimum Gasteiger partial charge on any atom is -0.395 e. The molecule has 106 valence electrons. The van der Waals surface area contributed by atoms with Crippen molar-refractivity contribution in [3.8, 4) is 0 Å². The van der Waals surface area contributed by atoms with Crippen LogP contribution in [0.15, 0.2) is 18.2 Å². The SMILES string of the molecule is Cc1nc2cc(C(=O)N3CCCC3)ccc2n1CCO. The Balaban J connectivity index is 1.96. The van der Waals surface area contributed by atoms with E-state index in [1.807, 2.05) is 34.6 Å². The number of hydrogen-bond acceptors (Lipinski definition) is 3. The Bertz CT molecular complexity index is 642. The van der Waals surface area contributed by atoms with Gasteiger partial charge in [0.1, 0.15) is 5.82 Å². The van der Waals surface area contributed by atoms with E-state index >= 15 is 0 Å². The van der Waals surface area contributed by atoms with Gasteiger partial charge in [-0.2, -0.15) is 0 Å². The second kappa shape index (κ2) is 5.25. The number of hydrogen-bond donors (Lipinski definition) is 1. The molecule has 3 rings (SSSR count). The van der Waals surface area contributed by atoms with Gasteiger partial charge in [-0.05, 0) is 38.0 Å². The zero-order valence-electron chi connectivity index (χ0n) is 11.7. The monoisotopic (exact) mass is 273 g/mol. The Kier molecular flexibility index (Phi) is 3.44. The molecular formula is C15H19N3O2. The van der Waals surface area contributed by atoms with Gasteiger partial charge in [-0.3, -0.25) is 4.79 Å². The van der Waals surface area contributed by atoms with Gasteiger partial charge in [0.25, 0.3) is 5.91 Å². The molecule has 5 heteroatoms. The molecule has 5 nitrogen and oxygen atoms in total. The number of aliphatic hydroxyl groups excluding tert-OH is 1. The average molecular weight is 273 g/mol. The lowest BCUT2D eigenvalue weighted by molar-refractivity contribution is 0.0793. The molecule has 0 aliphatic carbocycles. The molecule has 1 N–H and O–H groups in total. The highest BCUT2D eigenvalue weighted by Gasteiger charge is 2.20. The van der Waals surface area contributed by atoms with Gasteiger partial charge in [-0.1, -0.05) is 0 Å². The minimum atomic E-state index is 0.0841. The lowest BCUT2D eigenvalue weighted by Gasteiger charge is -2.15. The number of nitrogens with zero attached hydrogens (tertiary/aromatic N) is 3. The number of amides is 1. The van der Waals surface area contributed by atoms with Gasteiger partial charge in [-0.25, -0.2) is 4.98 Å². The molecule has 1 aliphatic rings. The molecule has 1 aliphatic heterocycles. The fraction of sp³-hybridized carbons (Fsp3) is 0.467. The highest BCUT2D eigenvalue weighted by atomic mass is 16.3. The number of aromatic nitrogens is 2. The molecule has 0 atom stereocenters. The molecule has 1 aromatic heterocycles. The summed E-state index contributed by atoms with van der Waals surface area (Å²) in [5.41, 5.74) is 2.49. The number of benzene rings is 1. The molecule has 1 amide bonds. The molecule has 0 spiro atoms. The molecule has 0 radical (unpaired) electrons. The molecular weight excluding hydrogens is 254 g/mol. The average Bonchev–Trinajstić information content (AvgIpc) is 3.07. The molecule has 2 heterocycles. The summed E-state index contributed by atoms with van der Waals surface area (Å²) in [7, 11) is 0. The van der Waals surface area contributed by atoms with Crippen LogP contribution in [0.2, 0.25) is 0 Å². The summed E-state index contributed by atoms with van der Waals surface area (Å²) in [5.74, 6) is 0.957. The third-order valence-corrected chi connectivity index (χ3v) is 3.90. The van der Waals surface area contributed by atoms with Crippen molar-refractivity contribution in [3.05, 3.63) is 29.6 Å². The van der Waals surface area contributed by atoms with Crippen LogP contribution in [-0.2, 0) is 6.54 Å². The first-order chi connectivity index (χ1) is 9.70. The molecule has 0 bridgehead atoms. The van der Waals surface area contributed by atoms with Crippen molar-refractivity contribution in [1.29, 1.82) is 0 Å². The number of carbonyl (C=O) groups excluding carboxylic acids is 1. The van der Waals surface area contributed by atoms with Crippen molar-refractivity contribution < 1.29 is 9.90 Å². The summed E-state index contributed by atoms with van der Waals surface area (Å²) < 4.78 is 1.97. The quantitative estimate of drug-likeness (QED) is 0.923. The number of fused-ring (bicyclic) bond motifs is 1. The van der Waals surface area contributed by atoms with E-state index in [2.05, 4.69) is 4.98 Å². The number of likely N-dealkylation sites (tertiary alicyclic amines) is 1. The lowest BCUT2D eigenvalue weighted by atomic mass is 10.1. The van der Waals surface area contributed by atoms with Crippen LogP contribution in [0.1, 0.15) is 29.0 Å². The fourth-order valence-electron chi connectivity index (χ4n) is 2.87. The van der Waals surface area contributed by atoms with Gasteiger partial charge in [0.05, 0.1) is 17.6 Å². The van der Waals surface area contributed by atoms with E-state index in [0.29, 0.717) is 12.1 Å². The number of carbonyl (C=O) groups is 1. The lowest BCUT2D eigenvalue weighted by Crippen LogP contribution is -2.27. The van der Waals surface area contributed by atoms with E-state index in [-0.39, 0.29) is 12.5 Å². The van der Waals surface area contributed by atoms with Crippen LogP contribution in [0.25, 0.3) is 11.0 Å². The largest absolute Gasteiger partial charge is 0.395 e. The van der Waals surface area contributed by atoms with Crippen LogP contribution >= 0.6 is 0 Å². The summed E-state index contributed by atoms with van der Waals surface area (Å²) in [4.78, 5) is 18.7. The molecule has 1 fully saturated rings. The van der Waals surface area contributed by atoms with Crippen molar-refractivity contribution in [3.63, 3.8) is 0 Å². The summed E-state index contributed by atoms with van der Waals surface area (Å²) in [6, 6.07) is 5.64. The molecule has 0 unspecified atom stereocenters. The third kappa shape index (κ3) is 2.18. The Morgan fingerprint density at radius 1 is 1.35 bits per heavy atom. The third-order valence-electron chi connectivity index (χ3n) is 3.90. The van der Waals surface area contributed by atoms with E-state index in [1.165, 1.54) is 0 Å². The molecule has 1 aromatic carbocycles. The van der Waals surface area contributed by atoms with Gasteiger partial charge >= 0.3 is 0 Å². The van der Waals surface area contributed by atoms with Gasteiger partial charge in [0.2, 0.25) is 0 Å². The van der Waals surface area contributed by atoms with Crippen LogP contribution in [0, 0.1) is 6.92 Å². The predicted molar refractivity (Wildman–Crippen MR) is 76.7 cm³/mol.